The summed E-state index contributed by atoms with van der Waals surface area (Å²) in [5, 5.41) is 15.0. The maximum atomic E-state index is 12.7. The highest BCUT2D eigenvalue weighted by molar-refractivity contribution is 7.03. The zero-order valence-corrected chi connectivity index (χ0v) is 18.7. The molecule has 2 heterocycles. The average molecular weight is 459 g/mol. The number of amides is 2. The number of carbonyl (C=O) groups is 2. The molecule has 0 unspecified atom stereocenters. The molecule has 8 nitrogen and oxygen atoms in total. The third-order valence-corrected chi connectivity index (χ3v) is 5.35. The largest absolute Gasteiger partial charge is 0.379 e. The first-order valence-electron chi connectivity index (χ1n) is 10.3. The fourth-order valence-electron chi connectivity index (χ4n) is 3.19. The van der Waals surface area contributed by atoms with Gasteiger partial charge in [0, 0.05) is 36.2 Å². The van der Waals surface area contributed by atoms with Gasteiger partial charge < -0.3 is 16.0 Å². The molecule has 9 heteroatoms. The molecule has 0 aliphatic heterocycles. The van der Waals surface area contributed by atoms with Crippen molar-refractivity contribution in [3.05, 3.63) is 89.1 Å². The van der Waals surface area contributed by atoms with Gasteiger partial charge in [0.1, 0.15) is 5.69 Å². The van der Waals surface area contributed by atoms with Crippen LogP contribution in [0.1, 0.15) is 28.5 Å². The minimum absolute atomic E-state index is 0.188. The summed E-state index contributed by atoms with van der Waals surface area (Å²) in [6, 6.07) is 18.7. The van der Waals surface area contributed by atoms with Gasteiger partial charge in [-0.2, -0.15) is 0 Å². The Morgan fingerprint density at radius 3 is 2.52 bits per heavy atom. The van der Waals surface area contributed by atoms with Gasteiger partial charge in [-0.25, -0.2) is 0 Å². The molecule has 0 atom stereocenters. The van der Waals surface area contributed by atoms with Crippen LogP contribution >= 0.6 is 11.5 Å². The highest BCUT2D eigenvalue weighted by Crippen LogP contribution is 2.25. The molecule has 4 aromatic rings. The van der Waals surface area contributed by atoms with Crippen LogP contribution in [-0.2, 0) is 17.9 Å². The minimum Gasteiger partial charge on any atom is -0.379 e. The van der Waals surface area contributed by atoms with E-state index in [9.17, 15) is 9.59 Å². The fraction of sp³-hybridized carbons (Fsp3) is 0.125. The smallest absolute Gasteiger partial charge is 0.251 e. The SMILES string of the molecule is CC(=O)Nc1ccc(C(=O)NCc2ccccn2)cc1NCc1ccc(-c2csnn2)cc1. The maximum Gasteiger partial charge on any atom is 0.251 e. The molecular formula is C24H22N6O2S. The van der Waals surface area contributed by atoms with E-state index in [1.807, 2.05) is 47.8 Å². The van der Waals surface area contributed by atoms with Crippen LogP contribution in [0.3, 0.4) is 0 Å². The lowest BCUT2D eigenvalue weighted by Crippen LogP contribution is -2.23. The van der Waals surface area contributed by atoms with E-state index in [4.69, 9.17) is 0 Å². The van der Waals surface area contributed by atoms with Crippen molar-refractivity contribution in [2.75, 3.05) is 10.6 Å². The van der Waals surface area contributed by atoms with Crippen molar-refractivity contribution in [2.24, 2.45) is 0 Å². The van der Waals surface area contributed by atoms with Gasteiger partial charge in [0.15, 0.2) is 0 Å². The molecule has 166 valence electrons. The number of nitrogens with zero attached hydrogens (tertiary/aromatic N) is 3. The van der Waals surface area contributed by atoms with Crippen LogP contribution in [0.2, 0.25) is 0 Å². The Hall–Kier alpha value is -4.11. The van der Waals surface area contributed by atoms with E-state index in [0.29, 0.717) is 30.0 Å². The molecule has 0 aliphatic rings. The lowest BCUT2D eigenvalue weighted by molar-refractivity contribution is -0.114. The summed E-state index contributed by atoms with van der Waals surface area (Å²) in [6.07, 6.45) is 1.69. The molecule has 0 fully saturated rings. The number of aromatic nitrogens is 3. The lowest BCUT2D eigenvalue weighted by atomic mass is 10.1. The summed E-state index contributed by atoms with van der Waals surface area (Å²) in [4.78, 5) is 28.5. The predicted octanol–water partition coefficient (Wildman–Crippen LogP) is 4.10. The summed E-state index contributed by atoms with van der Waals surface area (Å²) < 4.78 is 3.89. The normalized spacial score (nSPS) is 10.5. The Labute approximate surface area is 195 Å². The van der Waals surface area contributed by atoms with Crippen molar-refractivity contribution >= 4 is 34.7 Å². The number of benzene rings is 2. The van der Waals surface area contributed by atoms with Gasteiger partial charge >= 0.3 is 0 Å². The molecule has 33 heavy (non-hydrogen) atoms. The molecule has 2 aromatic carbocycles. The van der Waals surface area contributed by atoms with E-state index in [-0.39, 0.29) is 11.8 Å². The molecule has 2 aromatic heterocycles. The molecule has 0 bridgehead atoms. The van der Waals surface area contributed by atoms with E-state index in [1.54, 1.807) is 24.4 Å². The van der Waals surface area contributed by atoms with Crippen molar-refractivity contribution in [1.82, 2.24) is 19.9 Å². The Balaban J connectivity index is 1.46. The van der Waals surface area contributed by atoms with Crippen LogP contribution in [0, 0.1) is 0 Å². The topological polar surface area (TPSA) is 109 Å². The van der Waals surface area contributed by atoms with Crippen LogP contribution < -0.4 is 16.0 Å². The summed E-state index contributed by atoms with van der Waals surface area (Å²) >= 11 is 1.31. The minimum atomic E-state index is -0.223. The van der Waals surface area contributed by atoms with Crippen LogP contribution in [0.15, 0.2) is 72.2 Å². The third kappa shape index (κ3) is 5.98. The highest BCUT2D eigenvalue weighted by atomic mass is 32.1. The monoisotopic (exact) mass is 458 g/mol. The molecule has 0 saturated carbocycles. The second-order valence-corrected chi connectivity index (χ2v) is 7.90. The second-order valence-electron chi connectivity index (χ2n) is 7.29. The van der Waals surface area contributed by atoms with Crippen molar-refractivity contribution in [3.8, 4) is 11.3 Å². The van der Waals surface area contributed by atoms with Gasteiger partial charge in [-0.05, 0) is 47.4 Å². The number of carbonyl (C=O) groups excluding carboxylic acids is 2. The van der Waals surface area contributed by atoms with E-state index < -0.39 is 0 Å². The lowest BCUT2D eigenvalue weighted by Gasteiger charge is -2.15. The number of pyridine rings is 1. The van der Waals surface area contributed by atoms with E-state index in [0.717, 1.165) is 22.5 Å². The zero-order chi connectivity index (χ0) is 23.0. The molecule has 0 radical (unpaired) electrons. The van der Waals surface area contributed by atoms with Crippen molar-refractivity contribution in [1.29, 1.82) is 0 Å². The third-order valence-electron chi connectivity index (χ3n) is 4.84. The number of hydrogen-bond acceptors (Lipinski definition) is 7. The number of anilines is 2. The first-order valence-corrected chi connectivity index (χ1v) is 11.1. The van der Waals surface area contributed by atoms with Crippen molar-refractivity contribution in [2.45, 2.75) is 20.0 Å². The zero-order valence-electron chi connectivity index (χ0n) is 17.9. The summed E-state index contributed by atoms with van der Waals surface area (Å²) in [5.74, 6) is -0.411. The molecule has 3 N–H and O–H groups in total. The van der Waals surface area contributed by atoms with Gasteiger partial charge in [0.05, 0.1) is 23.6 Å². The average Bonchev–Trinajstić information content (AvgIpc) is 3.37. The van der Waals surface area contributed by atoms with Crippen LogP contribution in [0.25, 0.3) is 11.3 Å². The number of hydrogen-bond donors (Lipinski definition) is 3. The van der Waals surface area contributed by atoms with Gasteiger partial charge in [-0.1, -0.05) is 34.8 Å². The van der Waals surface area contributed by atoms with E-state index in [1.165, 1.54) is 18.5 Å². The van der Waals surface area contributed by atoms with Crippen LogP contribution in [0.5, 0.6) is 0 Å². The highest BCUT2D eigenvalue weighted by Gasteiger charge is 2.11. The maximum absolute atomic E-state index is 12.7. The summed E-state index contributed by atoms with van der Waals surface area (Å²) in [7, 11) is 0. The number of nitrogens with one attached hydrogen (secondary N) is 3. The molecular weight excluding hydrogens is 436 g/mol. The first kappa shape index (κ1) is 22.1. The molecule has 0 saturated heterocycles. The van der Waals surface area contributed by atoms with Gasteiger partial charge in [0.2, 0.25) is 5.91 Å². The van der Waals surface area contributed by atoms with Crippen molar-refractivity contribution in [3.63, 3.8) is 0 Å². The predicted molar refractivity (Wildman–Crippen MR) is 129 cm³/mol. The van der Waals surface area contributed by atoms with Gasteiger partial charge in [-0.3, -0.25) is 14.6 Å². The van der Waals surface area contributed by atoms with Crippen LogP contribution in [0.4, 0.5) is 11.4 Å². The van der Waals surface area contributed by atoms with Gasteiger partial charge in [-0.15, -0.1) is 5.10 Å². The fourth-order valence-corrected chi connectivity index (χ4v) is 3.65. The molecule has 2 amide bonds. The second kappa shape index (κ2) is 10.5. The Morgan fingerprint density at radius 1 is 0.970 bits per heavy atom. The molecule has 4 rings (SSSR count). The Bertz CT molecular complexity index is 1230. The summed E-state index contributed by atoms with van der Waals surface area (Å²) in [5.41, 5.74) is 5.40. The number of rotatable bonds is 8. The molecule has 0 aliphatic carbocycles. The Morgan fingerprint density at radius 2 is 1.82 bits per heavy atom. The van der Waals surface area contributed by atoms with E-state index >= 15 is 0 Å². The van der Waals surface area contributed by atoms with Gasteiger partial charge in [0.25, 0.3) is 5.91 Å². The Kier molecular flexibility index (Phi) is 7.01. The quantitative estimate of drug-likeness (QED) is 0.367. The van der Waals surface area contributed by atoms with Crippen molar-refractivity contribution < 1.29 is 9.59 Å². The van der Waals surface area contributed by atoms with E-state index in [2.05, 4.69) is 30.5 Å². The molecule has 0 spiro atoms. The summed E-state index contributed by atoms with van der Waals surface area (Å²) in [6.45, 7) is 2.29. The standard InChI is InChI=1S/C24H22N6O2S/c1-16(31)28-21-10-9-19(24(32)27-14-20-4-2-3-11-25-20)12-22(21)26-13-17-5-7-18(8-6-17)23-15-33-30-29-23/h2-12,15,26H,13-14H2,1H3,(H,27,32)(H,28,31). The first-order chi connectivity index (χ1) is 16.1. The van der Waals surface area contributed by atoms with Crippen LogP contribution in [-0.4, -0.2) is 26.4 Å².